The zero-order valence-electron chi connectivity index (χ0n) is 9.41. The maximum absolute atomic E-state index is 12.5. The summed E-state index contributed by atoms with van der Waals surface area (Å²) < 4.78 is 37.4. The van der Waals surface area contributed by atoms with E-state index in [4.69, 9.17) is 0 Å². The maximum atomic E-state index is 12.5. The highest BCUT2D eigenvalue weighted by molar-refractivity contribution is 5.85. The van der Waals surface area contributed by atoms with Crippen molar-refractivity contribution < 1.29 is 13.2 Å². The lowest BCUT2D eigenvalue weighted by atomic mass is 10.2. The van der Waals surface area contributed by atoms with Crippen LogP contribution >= 0.6 is 24.8 Å². The Balaban J connectivity index is 0.00000144. The summed E-state index contributed by atoms with van der Waals surface area (Å²) in [6, 6.07) is 1.15. The molecule has 3 nitrogen and oxygen atoms in total. The second kappa shape index (κ2) is 7.01. The number of piperazine rings is 1. The van der Waals surface area contributed by atoms with Gasteiger partial charge in [-0.25, -0.2) is 0 Å². The van der Waals surface area contributed by atoms with Gasteiger partial charge in [-0.15, -0.1) is 24.8 Å². The van der Waals surface area contributed by atoms with Gasteiger partial charge < -0.3 is 10.2 Å². The summed E-state index contributed by atoms with van der Waals surface area (Å²) in [6.45, 7) is 3.00. The highest BCUT2D eigenvalue weighted by Crippen LogP contribution is 2.30. The largest absolute Gasteiger partial charge is 0.417 e. The van der Waals surface area contributed by atoms with E-state index in [1.54, 1.807) is 0 Å². The number of hydrogen-bond donors (Lipinski definition) is 1. The predicted molar refractivity (Wildman–Crippen MR) is 68.8 cm³/mol. The third-order valence-corrected chi connectivity index (χ3v) is 2.53. The smallest absolute Gasteiger partial charge is 0.368 e. The van der Waals surface area contributed by atoms with Gasteiger partial charge in [-0.1, -0.05) is 0 Å². The van der Waals surface area contributed by atoms with Crippen molar-refractivity contribution in [1.29, 1.82) is 0 Å². The van der Waals surface area contributed by atoms with Gasteiger partial charge in [-0.05, 0) is 6.07 Å². The van der Waals surface area contributed by atoms with E-state index in [-0.39, 0.29) is 24.8 Å². The van der Waals surface area contributed by atoms with Crippen LogP contribution in [0.5, 0.6) is 0 Å². The Labute approximate surface area is 116 Å². The second-order valence-electron chi connectivity index (χ2n) is 3.67. The van der Waals surface area contributed by atoms with E-state index >= 15 is 0 Å². The molecule has 1 aliphatic heterocycles. The minimum atomic E-state index is -4.32. The Kier molecular flexibility index (Phi) is 6.73. The maximum Gasteiger partial charge on any atom is 0.417 e. The van der Waals surface area contributed by atoms with Gasteiger partial charge in [0, 0.05) is 32.4 Å². The summed E-state index contributed by atoms with van der Waals surface area (Å²) in [5.74, 6) is 0. The van der Waals surface area contributed by atoms with Crippen molar-refractivity contribution in [3.63, 3.8) is 0 Å². The van der Waals surface area contributed by atoms with Crippen LogP contribution in [0.2, 0.25) is 0 Å². The number of rotatable bonds is 1. The van der Waals surface area contributed by atoms with E-state index in [1.807, 2.05) is 4.90 Å². The average molecular weight is 304 g/mol. The number of aromatic nitrogens is 1. The molecule has 0 radical (unpaired) electrons. The highest BCUT2D eigenvalue weighted by atomic mass is 35.5. The molecule has 2 heterocycles. The van der Waals surface area contributed by atoms with Gasteiger partial charge in [-0.3, -0.25) is 4.98 Å². The van der Waals surface area contributed by atoms with Crippen molar-refractivity contribution in [1.82, 2.24) is 10.3 Å². The van der Waals surface area contributed by atoms with Crippen LogP contribution in [0.4, 0.5) is 18.9 Å². The van der Waals surface area contributed by atoms with Gasteiger partial charge in [0.1, 0.15) is 0 Å². The molecule has 1 saturated heterocycles. The second-order valence-corrected chi connectivity index (χ2v) is 3.67. The third kappa shape index (κ3) is 4.19. The Bertz CT molecular complexity index is 368. The van der Waals surface area contributed by atoms with Gasteiger partial charge in [0.25, 0.3) is 0 Å². The Morgan fingerprint density at radius 3 is 2.28 bits per heavy atom. The first-order chi connectivity index (χ1) is 7.57. The molecule has 2 rings (SSSR count). The number of pyridine rings is 1. The molecular formula is C10H14Cl2F3N3. The minimum Gasteiger partial charge on any atom is -0.368 e. The molecule has 0 aliphatic carbocycles. The molecule has 0 unspecified atom stereocenters. The van der Waals surface area contributed by atoms with Gasteiger partial charge in [0.2, 0.25) is 0 Å². The average Bonchev–Trinajstić information content (AvgIpc) is 2.29. The fraction of sp³-hybridized carbons (Fsp3) is 0.500. The SMILES string of the molecule is Cl.Cl.FC(F)(F)c1cncc(N2CCNCC2)c1. The molecule has 8 heteroatoms. The number of hydrogen-bond acceptors (Lipinski definition) is 3. The van der Waals surface area contributed by atoms with Crippen LogP contribution in [0.15, 0.2) is 18.5 Å². The van der Waals surface area contributed by atoms with Crippen molar-refractivity contribution in [3.8, 4) is 0 Å². The Morgan fingerprint density at radius 1 is 1.11 bits per heavy atom. The van der Waals surface area contributed by atoms with Crippen LogP contribution in [-0.2, 0) is 6.18 Å². The molecule has 1 aliphatic rings. The molecule has 0 aromatic carbocycles. The van der Waals surface area contributed by atoms with Crippen LogP contribution in [0.1, 0.15) is 5.56 Å². The summed E-state index contributed by atoms with van der Waals surface area (Å²) in [7, 11) is 0. The number of anilines is 1. The van der Waals surface area contributed by atoms with E-state index in [2.05, 4.69) is 10.3 Å². The summed E-state index contributed by atoms with van der Waals surface area (Å²) in [5.41, 5.74) is -0.153. The molecule has 1 N–H and O–H groups in total. The Morgan fingerprint density at radius 2 is 1.72 bits per heavy atom. The topological polar surface area (TPSA) is 28.2 Å². The van der Waals surface area contributed by atoms with Crippen LogP contribution < -0.4 is 10.2 Å². The van der Waals surface area contributed by atoms with Gasteiger partial charge >= 0.3 is 6.18 Å². The predicted octanol–water partition coefficient (Wildman–Crippen LogP) is 2.35. The number of nitrogens with zero attached hydrogens (tertiary/aromatic N) is 2. The lowest BCUT2D eigenvalue weighted by molar-refractivity contribution is -0.137. The zero-order chi connectivity index (χ0) is 11.6. The normalized spacial score (nSPS) is 15.6. The van der Waals surface area contributed by atoms with Crippen LogP contribution in [0.25, 0.3) is 0 Å². The van der Waals surface area contributed by atoms with Crippen molar-refractivity contribution in [2.24, 2.45) is 0 Å². The van der Waals surface area contributed by atoms with E-state index < -0.39 is 11.7 Å². The summed E-state index contributed by atoms with van der Waals surface area (Å²) in [5, 5.41) is 3.15. The first-order valence-corrected chi connectivity index (χ1v) is 5.05. The van der Waals surface area contributed by atoms with E-state index in [0.717, 1.165) is 25.4 Å². The molecule has 18 heavy (non-hydrogen) atoms. The molecule has 104 valence electrons. The first-order valence-electron chi connectivity index (χ1n) is 5.05. The first kappa shape index (κ1) is 17.3. The summed E-state index contributed by atoms with van der Waals surface area (Å²) >= 11 is 0. The summed E-state index contributed by atoms with van der Waals surface area (Å²) in [6.07, 6.45) is -2.00. The fourth-order valence-electron chi connectivity index (χ4n) is 1.68. The monoisotopic (exact) mass is 303 g/mol. The standard InChI is InChI=1S/C10H12F3N3.2ClH/c11-10(12,13)8-5-9(7-15-6-8)16-3-1-14-2-4-16;;/h5-7,14H,1-4H2;2*1H. The summed E-state index contributed by atoms with van der Waals surface area (Å²) in [4.78, 5) is 5.55. The molecule has 0 atom stereocenters. The van der Waals surface area contributed by atoms with E-state index in [1.165, 1.54) is 6.20 Å². The lowest BCUT2D eigenvalue weighted by Gasteiger charge is -2.29. The third-order valence-electron chi connectivity index (χ3n) is 2.53. The van der Waals surface area contributed by atoms with E-state index in [9.17, 15) is 13.2 Å². The highest BCUT2D eigenvalue weighted by Gasteiger charge is 2.31. The van der Waals surface area contributed by atoms with Crippen molar-refractivity contribution in [3.05, 3.63) is 24.0 Å². The zero-order valence-corrected chi connectivity index (χ0v) is 11.0. The molecule has 1 fully saturated rings. The van der Waals surface area contributed by atoms with E-state index in [0.29, 0.717) is 18.8 Å². The lowest BCUT2D eigenvalue weighted by Crippen LogP contribution is -2.43. The van der Waals surface area contributed by atoms with Crippen LogP contribution in [0.3, 0.4) is 0 Å². The van der Waals surface area contributed by atoms with Crippen LogP contribution in [-0.4, -0.2) is 31.2 Å². The van der Waals surface area contributed by atoms with Crippen molar-refractivity contribution in [2.45, 2.75) is 6.18 Å². The molecule has 0 bridgehead atoms. The molecule has 0 spiro atoms. The quantitative estimate of drug-likeness (QED) is 0.863. The van der Waals surface area contributed by atoms with Gasteiger partial charge in [0.05, 0.1) is 17.4 Å². The molecule has 1 aromatic heterocycles. The molecule has 0 amide bonds. The van der Waals surface area contributed by atoms with Gasteiger partial charge in [-0.2, -0.15) is 13.2 Å². The number of halogens is 5. The van der Waals surface area contributed by atoms with Crippen molar-refractivity contribution >= 4 is 30.5 Å². The Hall–Kier alpha value is -0.720. The minimum absolute atomic E-state index is 0. The fourth-order valence-corrected chi connectivity index (χ4v) is 1.68. The van der Waals surface area contributed by atoms with Crippen LogP contribution in [0, 0.1) is 0 Å². The molecule has 1 aromatic rings. The van der Waals surface area contributed by atoms with Gasteiger partial charge in [0.15, 0.2) is 0 Å². The molecular weight excluding hydrogens is 290 g/mol. The van der Waals surface area contributed by atoms with Crippen molar-refractivity contribution in [2.75, 3.05) is 31.1 Å². The molecule has 0 saturated carbocycles. The number of alkyl halides is 3. The number of nitrogens with one attached hydrogen (secondary N) is 1.